The Hall–Kier alpha value is -1.91. The van der Waals surface area contributed by atoms with Gasteiger partial charge in [-0.25, -0.2) is 9.37 Å². The van der Waals surface area contributed by atoms with Crippen LogP contribution in [0.2, 0.25) is 5.15 Å². The second kappa shape index (κ2) is 11.6. The number of aromatic nitrogens is 1. The second-order valence-electron chi connectivity index (χ2n) is 9.21. The molecule has 4 N–H and O–H groups in total. The summed E-state index contributed by atoms with van der Waals surface area (Å²) in [4.78, 5) is 27.1. The van der Waals surface area contributed by atoms with Crippen LogP contribution in [0.4, 0.5) is 10.1 Å². The molecule has 2 aliphatic rings. The number of hydrogen-bond donors (Lipinski definition) is 4. The van der Waals surface area contributed by atoms with Crippen LogP contribution in [0.1, 0.15) is 49.0 Å². The molecule has 2 aromatic rings. The maximum Gasteiger partial charge on any atom is 0.350 e. The third-order valence-corrected chi connectivity index (χ3v) is 7.07. The zero-order valence-electron chi connectivity index (χ0n) is 19.8. The molecule has 1 saturated heterocycles. The van der Waals surface area contributed by atoms with Crippen LogP contribution in [0.5, 0.6) is 0 Å². The van der Waals surface area contributed by atoms with E-state index in [1.807, 2.05) is 6.92 Å². The molecule has 1 aromatic heterocycles. The summed E-state index contributed by atoms with van der Waals surface area (Å²) in [5.74, 6) is -0.290. The Bertz CT molecular complexity index is 1150. The third-order valence-electron chi connectivity index (χ3n) is 6.36. The minimum Gasteiger partial charge on any atom is -0.390 e. The Balaban J connectivity index is 1.40. The molecule has 3 heterocycles. The van der Waals surface area contributed by atoms with Gasteiger partial charge in [-0.15, -0.1) is 0 Å². The summed E-state index contributed by atoms with van der Waals surface area (Å²) >= 11 is 6.29. The number of fused-ring (bicyclic) bond motifs is 1. The summed E-state index contributed by atoms with van der Waals surface area (Å²) in [5.41, 5.74) is 2.87. The number of hydrogen-bond acceptors (Lipinski definition) is 7. The van der Waals surface area contributed by atoms with Gasteiger partial charge in [0.1, 0.15) is 23.4 Å². The first-order valence-corrected chi connectivity index (χ1v) is 14.0. The van der Waals surface area contributed by atoms with E-state index in [9.17, 15) is 14.1 Å². The van der Waals surface area contributed by atoms with Crippen LogP contribution in [-0.2, 0) is 20.5 Å². The van der Waals surface area contributed by atoms with Crippen molar-refractivity contribution in [3.8, 4) is 0 Å². The van der Waals surface area contributed by atoms with Crippen molar-refractivity contribution in [2.24, 2.45) is 4.99 Å². The van der Waals surface area contributed by atoms with Crippen molar-refractivity contribution in [1.82, 2.24) is 4.98 Å². The summed E-state index contributed by atoms with van der Waals surface area (Å²) in [6.45, 7) is 1.78. The van der Waals surface area contributed by atoms with E-state index in [2.05, 4.69) is 10.3 Å². The Morgan fingerprint density at radius 1 is 1.36 bits per heavy atom. The van der Waals surface area contributed by atoms with E-state index in [0.717, 1.165) is 16.9 Å². The minimum absolute atomic E-state index is 0.0817. The van der Waals surface area contributed by atoms with E-state index in [4.69, 9.17) is 35.9 Å². The summed E-state index contributed by atoms with van der Waals surface area (Å²) in [6.07, 6.45) is 1.65. The third kappa shape index (κ3) is 7.10. The van der Waals surface area contributed by atoms with Gasteiger partial charge in [0, 0.05) is 29.4 Å². The van der Waals surface area contributed by atoms with Crippen LogP contribution in [0, 0.1) is 5.82 Å². The molecule has 1 aromatic carbocycles. The molecule has 0 radical (unpaired) electrons. The summed E-state index contributed by atoms with van der Waals surface area (Å²) < 4.78 is 36.1. The number of benzene rings is 1. The number of pyridine rings is 1. The van der Waals surface area contributed by atoms with E-state index >= 15 is 0 Å². The van der Waals surface area contributed by atoms with Gasteiger partial charge in [0.15, 0.2) is 0 Å². The molecule has 5 atom stereocenters. The molecule has 4 rings (SSSR count). The molecule has 0 saturated carbocycles. The normalized spacial score (nSPS) is 24.8. The van der Waals surface area contributed by atoms with Gasteiger partial charge in [0.25, 0.3) is 0 Å². The Kier molecular flexibility index (Phi) is 8.78. The van der Waals surface area contributed by atoms with Crippen LogP contribution in [0.15, 0.2) is 35.3 Å². The van der Waals surface area contributed by atoms with Crippen molar-refractivity contribution < 1.29 is 33.3 Å². The molecule has 196 valence electrons. The predicted octanol–water partition coefficient (Wildman–Crippen LogP) is 3.84. The van der Waals surface area contributed by atoms with Gasteiger partial charge in [-0.3, -0.25) is 9.56 Å². The highest BCUT2D eigenvalue weighted by molar-refractivity contribution is 7.51. The first kappa shape index (κ1) is 27.1. The van der Waals surface area contributed by atoms with Crippen molar-refractivity contribution >= 4 is 31.1 Å². The number of rotatable bonds is 9. The zero-order chi connectivity index (χ0) is 25.9. The predicted molar refractivity (Wildman–Crippen MR) is 134 cm³/mol. The fraction of sp³-hybridized carbons (Fsp3) is 0.500. The molecular weight excluding hydrogens is 512 g/mol. The fourth-order valence-corrected chi connectivity index (χ4v) is 5.16. The monoisotopic (exact) mass is 541 g/mol. The molecule has 0 spiro atoms. The number of ether oxygens (including phenoxy) is 2. The maximum absolute atomic E-state index is 14.3. The van der Waals surface area contributed by atoms with Crippen molar-refractivity contribution in [3.05, 3.63) is 58.1 Å². The smallest absolute Gasteiger partial charge is 0.350 e. The Morgan fingerprint density at radius 2 is 2.14 bits per heavy atom. The number of anilines is 1. The van der Waals surface area contributed by atoms with Crippen LogP contribution in [0.3, 0.4) is 0 Å². The molecule has 1 fully saturated rings. The fourth-order valence-electron chi connectivity index (χ4n) is 4.61. The number of aliphatic imine (C=N–C) groups is 1. The van der Waals surface area contributed by atoms with Gasteiger partial charge in [-0.05, 0) is 38.3 Å². The molecule has 12 heteroatoms. The van der Waals surface area contributed by atoms with Gasteiger partial charge in [0.05, 0.1) is 36.6 Å². The average molecular weight is 542 g/mol. The standard InChI is InChI=1S/C24H30ClFN3O6P/c1-14(17-4-2-3-5-19(17)26)28-21-10-24(25)29-20-7-6-15(27-11-18(20)21)8-16-9-22(30)23(35-16)12-34-13-36(31,32)33/h2-5,10-11,14-16,22-23,30H,6-9,12-13H2,1H3,(H,28,29)(H2,31,32,33)/t14-,15+,16-,22-,23+/m0/s1. The van der Waals surface area contributed by atoms with Gasteiger partial charge in [-0.2, -0.15) is 0 Å². The Labute approximate surface area is 213 Å². The molecule has 0 amide bonds. The number of nitrogens with one attached hydrogen (secondary N) is 1. The number of halogens is 2. The highest BCUT2D eigenvalue weighted by atomic mass is 35.5. The van der Waals surface area contributed by atoms with Gasteiger partial charge in [0.2, 0.25) is 0 Å². The minimum atomic E-state index is -4.27. The molecule has 0 unspecified atom stereocenters. The largest absolute Gasteiger partial charge is 0.390 e. The molecule has 36 heavy (non-hydrogen) atoms. The van der Waals surface area contributed by atoms with E-state index < -0.39 is 26.2 Å². The van der Waals surface area contributed by atoms with Gasteiger partial charge < -0.3 is 29.7 Å². The maximum atomic E-state index is 14.3. The van der Waals surface area contributed by atoms with Gasteiger partial charge in [-0.1, -0.05) is 29.8 Å². The first-order valence-electron chi connectivity index (χ1n) is 11.8. The SMILES string of the molecule is C[C@H](Nc1cc(Cl)nc2c1C=N[C@@H](C[C@H]1C[C@H](O)[C@@H](COCP(=O)(O)O)O1)CC2)c1ccccc1F. The second-order valence-corrected chi connectivity index (χ2v) is 11.2. The van der Waals surface area contributed by atoms with Crippen molar-refractivity contribution in [3.63, 3.8) is 0 Å². The van der Waals surface area contributed by atoms with Crippen LogP contribution in [-0.4, -0.2) is 63.4 Å². The summed E-state index contributed by atoms with van der Waals surface area (Å²) in [5, 5.41) is 14.0. The lowest BCUT2D eigenvalue weighted by Crippen LogP contribution is -2.27. The lowest BCUT2D eigenvalue weighted by molar-refractivity contribution is -0.0409. The topological polar surface area (TPSA) is 134 Å². The number of nitrogens with zero attached hydrogens (tertiary/aromatic N) is 2. The van der Waals surface area contributed by atoms with Crippen molar-refractivity contribution in [2.45, 2.75) is 63.0 Å². The van der Waals surface area contributed by atoms with Crippen molar-refractivity contribution in [2.75, 3.05) is 18.3 Å². The molecule has 0 aliphatic carbocycles. The Morgan fingerprint density at radius 3 is 2.89 bits per heavy atom. The van der Waals surface area contributed by atoms with E-state index in [0.29, 0.717) is 36.4 Å². The zero-order valence-corrected chi connectivity index (χ0v) is 21.4. The first-order chi connectivity index (χ1) is 17.1. The highest BCUT2D eigenvalue weighted by Gasteiger charge is 2.36. The van der Waals surface area contributed by atoms with Crippen LogP contribution in [0.25, 0.3) is 0 Å². The number of aliphatic hydroxyl groups is 1. The number of aryl methyl sites for hydroxylation is 1. The lowest BCUT2D eigenvalue weighted by Gasteiger charge is -2.19. The molecule has 0 bridgehead atoms. The van der Waals surface area contributed by atoms with E-state index in [1.54, 1.807) is 30.5 Å². The summed E-state index contributed by atoms with van der Waals surface area (Å²) in [6, 6.07) is 7.93. The van der Waals surface area contributed by atoms with Crippen molar-refractivity contribution in [1.29, 1.82) is 0 Å². The average Bonchev–Trinajstić information content (AvgIpc) is 3.01. The van der Waals surface area contributed by atoms with Crippen LogP contribution < -0.4 is 5.32 Å². The number of aliphatic hydroxyl groups excluding tert-OH is 1. The van der Waals surface area contributed by atoms with Gasteiger partial charge >= 0.3 is 7.60 Å². The molecule has 2 aliphatic heterocycles. The quantitative estimate of drug-likeness (QED) is 0.278. The van der Waals surface area contributed by atoms with E-state index in [1.165, 1.54) is 6.07 Å². The summed E-state index contributed by atoms with van der Waals surface area (Å²) in [7, 11) is -4.27. The molecule has 9 nitrogen and oxygen atoms in total. The van der Waals surface area contributed by atoms with Crippen LogP contribution >= 0.6 is 19.2 Å². The molecular formula is C24H30ClFN3O6P. The lowest BCUT2D eigenvalue weighted by atomic mass is 10.0. The highest BCUT2D eigenvalue weighted by Crippen LogP contribution is 2.35. The van der Waals surface area contributed by atoms with E-state index in [-0.39, 0.29) is 30.6 Å².